The average Bonchev–Trinajstić information content (AvgIpc) is 3.14. The molecule has 0 aliphatic rings. The zero-order chi connectivity index (χ0) is 23.0. The van der Waals surface area contributed by atoms with Crippen molar-refractivity contribution in [2.24, 2.45) is 5.92 Å². The van der Waals surface area contributed by atoms with Crippen LogP contribution in [0.2, 0.25) is 5.02 Å². The highest BCUT2D eigenvalue weighted by Gasteiger charge is 2.21. The molecule has 0 unspecified atom stereocenters. The van der Waals surface area contributed by atoms with E-state index < -0.39 is 22.9 Å². The molecule has 2 heterocycles. The minimum absolute atomic E-state index is 0.0528. The van der Waals surface area contributed by atoms with Crippen molar-refractivity contribution in [3.8, 4) is 5.69 Å². The Morgan fingerprint density at radius 2 is 1.84 bits per heavy atom. The van der Waals surface area contributed by atoms with Crippen molar-refractivity contribution in [1.29, 1.82) is 0 Å². The summed E-state index contributed by atoms with van der Waals surface area (Å²) in [6, 6.07) is 10.0. The van der Waals surface area contributed by atoms with Crippen molar-refractivity contribution in [3.05, 3.63) is 91.9 Å². The van der Waals surface area contributed by atoms with Crippen LogP contribution in [0.4, 0.5) is 8.78 Å². The molecule has 0 spiro atoms. The van der Waals surface area contributed by atoms with Crippen LogP contribution in [0.25, 0.3) is 16.9 Å². The first-order chi connectivity index (χ1) is 15.3. The number of halogens is 3. The fourth-order valence-electron chi connectivity index (χ4n) is 3.57. The Morgan fingerprint density at radius 1 is 1.09 bits per heavy atom. The van der Waals surface area contributed by atoms with Gasteiger partial charge in [0.15, 0.2) is 11.2 Å². The number of hydrogen-bond donors (Lipinski definition) is 0. The number of para-hydroxylation sites is 1. The number of rotatable bonds is 6. The van der Waals surface area contributed by atoms with Crippen molar-refractivity contribution in [2.45, 2.75) is 33.4 Å². The van der Waals surface area contributed by atoms with Gasteiger partial charge in [-0.05, 0) is 30.5 Å². The standard InChI is InChI=1S/C23H21ClF2N4O2/c1-14(2)9-10-29-22(31)20-21(30(23(29)32)19-6-4-3-5-17(19)24)27-13-28(20)12-15-7-8-16(25)11-18(15)26/h3-8,11,13-14H,9-10,12H2,1-2H3. The Morgan fingerprint density at radius 3 is 2.53 bits per heavy atom. The van der Waals surface area contributed by atoms with Crippen LogP contribution >= 0.6 is 11.6 Å². The summed E-state index contributed by atoms with van der Waals surface area (Å²) < 4.78 is 31.5. The minimum Gasteiger partial charge on any atom is -0.320 e. The molecule has 0 amide bonds. The lowest BCUT2D eigenvalue weighted by Crippen LogP contribution is -2.40. The van der Waals surface area contributed by atoms with Crippen molar-refractivity contribution >= 4 is 22.8 Å². The third kappa shape index (κ3) is 3.98. The van der Waals surface area contributed by atoms with E-state index in [-0.39, 0.29) is 35.7 Å². The minimum atomic E-state index is -0.730. The molecule has 0 atom stereocenters. The third-order valence-corrected chi connectivity index (χ3v) is 5.60. The maximum Gasteiger partial charge on any atom is 0.337 e. The zero-order valence-corrected chi connectivity index (χ0v) is 18.3. The van der Waals surface area contributed by atoms with Gasteiger partial charge in [0.2, 0.25) is 0 Å². The van der Waals surface area contributed by atoms with E-state index in [0.717, 1.165) is 16.7 Å². The molecule has 0 N–H and O–H groups in total. The van der Waals surface area contributed by atoms with E-state index in [1.54, 1.807) is 24.3 Å². The van der Waals surface area contributed by atoms with Gasteiger partial charge < -0.3 is 4.57 Å². The first-order valence-corrected chi connectivity index (χ1v) is 10.5. The molecule has 6 nitrogen and oxygen atoms in total. The quantitative estimate of drug-likeness (QED) is 0.431. The topological polar surface area (TPSA) is 61.8 Å². The van der Waals surface area contributed by atoms with Crippen molar-refractivity contribution in [3.63, 3.8) is 0 Å². The van der Waals surface area contributed by atoms with E-state index in [9.17, 15) is 18.4 Å². The Balaban J connectivity index is 1.98. The molecule has 0 saturated carbocycles. The van der Waals surface area contributed by atoms with E-state index in [0.29, 0.717) is 17.1 Å². The van der Waals surface area contributed by atoms with Crippen LogP contribution < -0.4 is 11.2 Å². The highest BCUT2D eigenvalue weighted by atomic mass is 35.5. The van der Waals surface area contributed by atoms with Gasteiger partial charge in [0.25, 0.3) is 5.56 Å². The molecular weight excluding hydrogens is 438 g/mol. The lowest BCUT2D eigenvalue weighted by atomic mass is 10.1. The first kappa shape index (κ1) is 22.0. The molecule has 9 heteroatoms. The van der Waals surface area contributed by atoms with Gasteiger partial charge in [0, 0.05) is 18.2 Å². The molecule has 0 saturated heterocycles. The summed E-state index contributed by atoms with van der Waals surface area (Å²) in [7, 11) is 0. The Hall–Kier alpha value is -3.26. The molecule has 0 aliphatic heterocycles. The molecule has 166 valence electrons. The lowest BCUT2D eigenvalue weighted by Gasteiger charge is -2.14. The van der Waals surface area contributed by atoms with Crippen LogP contribution in [0.1, 0.15) is 25.8 Å². The molecule has 32 heavy (non-hydrogen) atoms. The summed E-state index contributed by atoms with van der Waals surface area (Å²) in [4.78, 5) is 31.0. The van der Waals surface area contributed by atoms with Gasteiger partial charge in [-0.25, -0.2) is 23.1 Å². The Labute approximate surface area is 187 Å². The number of aromatic nitrogens is 4. The summed E-state index contributed by atoms with van der Waals surface area (Å²) in [5.74, 6) is -1.15. The van der Waals surface area contributed by atoms with Gasteiger partial charge in [-0.15, -0.1) is 0 Å². The molecule has 2 aromatic carbocycles. The zero-order valence-electron chi connectivity index (χ0n) is 17.6. The first-order valence-electron chi connectivity index (χ1n) is 10.2. The number of imidazole rings is 1. The van der Waals surface area contributed by atoms with Crippen molar-refractivity contribution in [2.75, 3.05) is 0 Å². The second-order valence-electron chi connectivity index (χ2n) is 7.99. The summed E-state index contributed by atoms with van der Waals surface area (Å²) in [6.45, 7) is 4.16. The summed E-state index contributed by atoms with van der Waals surface area (Å²) in [5, 5.41) is 0.323. The molecule has 2 aromatic heterocycles. The van der Waals surface area contributed by atoms with Crippen molar-refractivity contribution < 1.29 is 8.78 Å². The van der Waals surface area contributed by atoms with Crippen LogP contribution in [0.3, 0.4) is 0 Å². The van der Waals surface area contributed by atoms with Gasteiger partial charge in [-0.3, -0.25) is 9.36 Å². The number of nitrogens with zero attached hydrogens (tertiary/aromatic N) is 4. The average molecular weight is 459 g/mol. The molecule has 0 aliphatic carbocycles. The fourth-order valence-corrected chi connectivity index (χ4v) is 3.79. The van der Waals surface area contributed by atoms with E-state index in [2.05, 4.69) is 4.98 Å². The van der Waals surface area contributed by atoms with Crippen LogP contribution in [0.5, 0.6) is 0 Å². The second kappa shape index (κ2) is 8.70. The van der Waals surface area contributed by atoms with Crippen LogP contribution in [0.15, 0.2) is 58.4 Å². The molecule has 4 rings (SSSR count). The van der Waals surface area contributed by atoms with Crippen LogP contribution in [-0.2, 0) is 13.1 Å². The highest BCUT2D eigenvalue weighted by molar-refractivity contribution is 6.32. The third-order valence-electron chi connectivity index (χ3n) is 5.28. The molecule has 0 fully saturated rings. The van der Waals surface area contributed by atoms with Gasteiger partial charge in [-0.1, -0.05) is 43.6 Å². The smallest absolute Gasteiger partial charge is 0.320 e. The number of benzene rings is 2. The van der Waals surface area contributed by atoms with Gasteiger partial charge in [0.1, 0.15) is 11.6 Å². The monoisotopic (exact) mass is 458 g/mol. The van der Waals surface area contributed by atoms with Crippen LogP contribution in [0, 0.1) is 17.6 Å². The van der Waals surface area contributed by atoms with E-state index in [1.165, 1.54) is 21.5 Å². The summed E-state index contributed by atoms with van der Waals surface area (Å²) >= 11 is 6.36. The molecule has 0 radical (unpaired) electrons. The number of fused-ring (bicyclic) bond motifs is 1. The van der Waals surface area contributed by atoms with Gasteiger partial charge in [0.05, 0.1) is 23.6 Å². The maximum absolute atomic E-state index is 14.3. The molecule has 4 aromatic rings. The van der Waals surface area contributed by atoms with Crippen LogP contribution in [-0.4, -0.2) is 18.7 Å². The summed E-state index contributed by atoms with van der Waals surface area (Å²) in [5.41, 5.74) is -0.230. The summed E-state index contributed by atoms with van der Waals surface area (Å²) in [6.07, 6.45) is 1.98. The fraction of sp³-hybridized carbons (Fsp3) is 0.261. The van der Waals surface area contributed by atoms with E-state index >= 15 is 0 Å². The number of hydrogen-bond acceptors (Lipinski definition) is 3. The highest BCUT2D eigenvalue weighted by Crippen LogP contribution is 2.22. The van der Waals surface area contributed by atoms with Gasteiger partial charge >= 0.3 is 5.69 Å². The molecular formula is C23H21ClF2N4O2. The predicted octanol–water partition coefficient (Wildman–Crippen LogP) is 4.37. The SMILES string of the molecule is CC(C)CCn1c(=O)c2c(ncn2Cc2ccc(F)cc2F)n(-c2ccccc2Cl)c1=O. The normalized spacial score (nSPS) is 11.6. The second-order valence-corrected chi connectivity index (χ2v) is 8.40. The Kier molecular flexibility index (Phi) is 5.97. The Bertz CT molecular complexity index is 1420. The lowest BCUT2D eigenvalue weighted by molar-refractivity contribution is 0.491. The van der Waals surface area contributed by atoms with Gasteiger partial charge in [-0.2, -0.15) is 0 Å². The predicted molar refractivity (Wildman–Crippen MR) is 120 cm³/mol. The molecule has 0 bridgehead atoms. The van der Waals surface area contributed by atoms with E-state index in [4.69, 9.17) is 11.6 Å². The maximum atomic E-state index is 14.3. The van der Waals surface area contributed by atoms with E-state index in [1.807, 2.05) is 13.8 Å². The largest absolute Gasteiger partial charge is 0.337 e. The van der Waals surface area contributed by atoms with Crippen molar-refractivity contribution in [1.82, 2.24) is 18.7 Å².